The number of pyridine rings is 1. The Morgan fingerprint density at radius 2 is 1.93 bits per heavy atom. The molecule has 134 valence electrons. The molecule has 4 aromatic rings. The van der Waals surface area contributed by atoms with Gasteiger partial charge in [0, 0.05) is 19.4 Å². The van der Waals surface area contributed by atoms with E-state index in [1.165, 1.54) is 0 Å². The predicted octanol–water partition coefficient (Wildman–Crippen LogP) is 3.72. The minimum Gasteiger partial charge on any atom is -0.467 e. The molecule has 1 amide bonds. The Morgan fingerprint density at radius 1 is 1.07 bits per heavy atom. The van der Waals surface area contributed by atoms with Gasteiger partial charge in [0.1, 0.15) is 23.3 Å². The second-order valence-electron chi connectivity index (χ2n) is 6.65. The molecule has 0 spiro atoms. The SMILES string of the molecule is CN1c2ccccc2C(=O)N(Cc2ccco2)C1c1cn2ccccc2n1. The number of amides is 1. The zero-order valence-electron chi connectivity index (χ0n) is 14.8. The number of furan rings is 1. The monoisotopic (exact) mass is 358 g/mol. The van der Waals surface area contributed by atoms with Crippen LogP contribution in [-0.2, 0) is 6.54 Å². The molecule has 1 unspecified atom stereocenters. The number of nitrogens with zero attached hydrogens (tertiary/aromatic N) is 4. The van der Waals surface area contributed by atoms with E-state index in [1.54, 1.807) is 6.26 Å². The van der Waals surface area contributed by atoms with Gasteiger partial charge in [-0.25, -0.2) is 4.98 Å². The number of hydrogen-bond acceptors (Lipinski definition) is 4. The fraction of sp³-hybridized carbons (Fsp3) is 0.143. The Kier molecular flexibility index (Phi) is 3.50. The number of rotatable bonds is 3. The van der Waals surface area contributed by atoms with Gasteiger partial charge in [-0.1, -0.05) is 18.2 Å². The van der Waals surface area contributed by atoms with Crippen LogP contribution >= 0.6 is 0 Å². The summed E-state index contributed by atoms with van der Waals surface area (Å²) in [6.45, 7) is 0.378. The topological polar surface area (TPSA) is 54.0 Å². The number of fused-ring (bicyclic) bond motifs is 2. The first-order valence-electron chi connectivity index (χ1n) is 8.81. The lowest BCUT2D eigenvalue weighted by atomic mass is 10.0. The molecule has 1 aliphatic heterocycles. The summed E-state index contributed by atoms with van der Waals surface area (Å²) in [6.07, 6.45) is 5.24. The lowest BCUT2D eigenvalue weighted by Gasteiger charge is -2.42. The standard InChI is InChI=1S/C21H18N4O2/c1-23-18-9-3-2-8-16(18)21(26)25(13-15-7-6-12-27-15)20(23)17-14-24-11-5-4-10-19(24)22-17/h2-12,14,20H,13H2,1H3. The van der Waals surface area contributed by atoms with Gasteiger partial charge in [0.25, 0.3) is 5.91 Å². The minimum atomic E-state index is -0.322. The van der Waals surface area contributed by atoms with Crippen LogP contribution in [0.3, 0.4) is 0 Å². The number of carbonyl (C=O) groups is 1. The van der Waals surface area contributed by atoms with Crippen molar-refractivity contribution in [2.45, 2.75) is 12.7 Å². The van der Waals surface area contributed by atoms with Gasteiger partial charge in [0.15, 0.2) is 0 Å². The fourth-order valence-corrected chi connectivity index (χ4v) is 3.73. The lowest BCUT2D eigenvalue weighted by molar-refractivity contribution is 0.0615. The summed E-state index contributed by atoms with van der Waals surface area (Å²) in [6, 6.07) is 17.3. The molecule has 27 heavy (non-hydrogen) atoms. The molecule has 1 aliphatic rings. The van der Waals surface area contributed by atoms with Crippen LogP contribution in [0.1, 0.15) is 28.0 Å². The van der Waals surface area contributed by atoms with Crippen molar-refractivity contribution >= 4 is 17.2 Å². The third kappa shape index (κ3) is 2.49. The van der Waals surface area contributed by atoms with E-state index in [4.69, 9.17) is 9.40 Å². The van der Waals surface area contributed by atoms with E-state index in [1.807, 2.05) is 83.3 Å². The van der Waals surface area contributed by atoms with Gasteiger partial charge in [-0.3, -0.25) is 4.79 Å². The number of para-hydroxylation sites is 1. The van der Waals surface area contributed by atoms with Crippen molar-refractivity contribution in [2.75, 3.05) is 11.9 Å². The highest BCUT2D eigenvalue weighted by Crippen LogP contribution is 2.38. The molecule has 4 heterocycles. The van der Waals surface area contributed by atoms with Crippen LogP contribution in [0, 0.1) is 0 Å². The highest BCUT2D eigenvalue weighted by molar-refractivity contribution is 6.01. The number of hydrogen-bond donors (Lipinski definition) is 0. The van der Waals surface area contributed by atoms with Gasteiger partial charge in [-0.05, 0) is 36.4 Å². The molecule has 0 aliphatic carbocycles. The molecule has 0 bridgehead atoms. The highest BCUT2D eigenvalue weighted by Gasteiger charge is 2.38. The quantitative estimate of drug-likeness (QED) is 0.560. The van der Waals surface area contributed by atoms with Gasteiger partial charge in [0.2, 0.25) is 0 Å². The summed E-state index contributed by atoms with van der Waals surface area (Å²) < 4.78 is 7.48. The van der Waals surface area contributed by atoms with Crippen molar-refractivity contribution in [3.05, 3.63) is 90.3 Å². The number of imidazole rings is 1. The number of anilines is 1. The minimum absolute atomic E-state index is 0.0258. The average Bonchev–Trinajstić information content (AvgIpc) is 3.35. The number of carbonyl (C=O) groups excluding carboxylic acids is 1. The summed E-state index contributed by atoms with van der Waals surface area (Å²) in [5.41, 5.74) is 3.26. The first-order chi connectivity index (χ1) is 13.2. The lowest BCUT2D eigenvalue weighted by Crippen LogP contribution is -2.47. The van der Waals surface area contributed by atoms with E-state index in [0.717, 1.165) is 22.8 Å². The van der Waals surface area contributed by atoms with Crippen molar-refractivity contribution in [1.82, 2.24) is 14.3 Å². The van der Waals surface area contributed by atoms with Crippen LogP contribution in [0.2, 0.25) is 0 Å². The molecular formula is C21H18N4O2. The Hall–Kier alpha value is -3.54. The Morgan fingerprint density at radius 3 is 2.74 bits per heavy atom. The molecular weight excluding hydrogens is 340 g/mol. The van der Waals surface area contributed by atoms with Crippen LogP contribution in [0.4, 0.5) is 5.69 Å². The normalized spacial score (nSPS) is 16.8. The van der Waals surface area contributed by atoms with E-state index >= 15 is 0 Å². The van der Waals surface area contributed by atoms with Crippen LogP contribution < -0.4 is 4.90 Å². The van der Waals surface area contributed by atoms with E-state index < -0.39 is 0 Å². The first-order valence-corrected chi connectivity index (χ1v) is 8.81. The maximum Gasteiger partial charge on any atom is 0.258 e. The summed E-state index contributed by atoms with van der Waals surface area (Å²) in [7, 11) is 2.00. The van der Waals surface area contributed by atoms with Crippen LogP contribution in [0.15, 0.2) is 77.7 Å². The smallest absolute Gasteiger partial charge is 0.258 e. The Bertz CT molecular complexity index is 1080. The fourth-order valence-electron chi connectivity index (χ4n) is 3.73. The summed E-state index contributed by atoms with van der Waals surface area (Å²) >= 11 is 0. The predicted molar refractivity (Wildman–Crippen MR) is 101 cm³/mol. The van der Waals surface area contributed by atoms with Crippen molar-refractivity contribution in [3.8, 4) is 0 Å². The maximum atomic E-state index is 13.3. The number of benzene rings is 1. The van der Waals surface area contributed by atoms with Crippen molar-refractivity contribution in [2.24, 2.45) is 0 Å². The van der Waals surface area contributed by atoms with E-state index in [0.29, 0.717) is 12.1 Å². The molecule has 3 aromatic heterocycles. The molecule has 6 nitrogen and oxygen atoms in total. The Labute approximate surface area is 156 Å². The summed E-state index contributed by atoms with van der Waals surface area (Å²) in [5, 5.41) is 0. The van der Waals surface area contributed by atoms with Crippen molar-refractivity contribution in [1.29, 1.82) is 0 Å². The molecule has 1 aromatic carbocycles. The average molecular weight is 358 g/mol. The van der Waals surface area contributed by atoms with Crippen molar-refractivity contribution < 1.29 is 9.21 Å². The second-order valence-corrected chi connectivity index (χ2v) is 6.65. The van der Waals surface area contributed by atoms with Gasteiger partial charge < -0.3 is 18.6 Å². The number of aromatic nitrogens is 2. The van der Waals surface area contributed by atoms with Gasteiger partial charge >= 0.3 is 0 Å². The maximum absolute atomic E-state index is 13.3. The van der Waals surface area contributed by atoms with Gasteiger partial charge in [-0.2, -0.15) is 0 Å². The van der Waals surface area contributed by atoms with Crippen LogP contribution in [0.25, 0.3) is 5.65 Å². The van der Waals surface area contributed by atoms with E-state index in [2.05, 4.69) is 4.90 Å². The molecule has 0 fully saturated rings. The van der Waals surface area contributed by atoms with Gasteiger partial charge in [-0.15, -0.1) is 0 Å². The molecule has 0 radical (unpaired) electrons. The summed E-state index contributed by atoms with van der Waals surface area (Å²) in [4.78, 5) is 22.0. The third-order valence-corrected chi connectivity index (χ3v) is 4.99. The Balaban J connectivity index is 1.66. The molecule has 1 atom stereocenters. The van der Waals surface area contributed by atoms with Gasteiger partial charge in [0.05, 0.1) is 24.1 Å². The molecule has 0 saturated heterocycles. The molecule has 0 N–H and O–H groups in total. The van der Waals surface area contributed by atoms with E-state index in [-0.39, 0.29) is 12.1 Å². The molecule has 0 saturated carbocycles. The van der Waals surface area contributed by atoms with Crippen LogP contribution in [-0.4, -0.2) is 27.2 Å². The molecule has 5 rings (SSSR count). The van der Waals surface area contributed by atoms with E-state index in [9.17, 15) is 4.79 Å². The largest absolute Gasteiger partial charge is 0.467 e. The third-order valence-electron chi connectivity index (χ3n) is 4.99. The molecule has 6 heteroatoms. The van der Waals surface area contributed by atoms with Crippen molar-refractivity contribution in [3.63, 3.8) is 0 Å². The zero-order chi connectivity index (χ0) is 18.4. The van der Waals surface area contributed by atoms with Crippen LogP contribution in [0.5, 0.6) is 0 Å². The second kappa shape index (κ2) is 6.02. The zero-order valence-corrected chi connectivity index (χ0v) is 14.8. The highest BCUT2D eigenvalue weighted by atomic mass is 16.3. The first kappa shape index (κ1) is 15.7. The summed E-state index contributed by atoms with van der Waals surface area (Å²) in [5.74, 6) is 0.715.